The highest BCUT2D eigenvalue weighted by molar-refractivity contribution is 5.93. The molecule has 0 radical (unpaired) electrons. The van der Waals surface area contributed by atoms with Gasteiger partial charge in [-0.3, -0.25) is 4.79 Å². The molecule has 0 amide bonds. The predicted molar refractivity (Wildman–Crippen MR) is 88.5 cm³/mol. The van der Waals surface area contributed by atoms with E-state index in [0.717, 1.165) is 25.9 Å². The van der Waals surface area contributed by atoms with Crippen LogP contribution >= 0.6 is 0 Å². The number of piperazine rings is 1. The van der Waals surface area contributed by atoms with Crippen molar-refractivity contribution in [2.24, 2.45) is 0 Å². The fourth-order valence-electron chi connectivity index (χ4n) is 3.31. The van der Waals surface area contributed by atoms with Crippen LogP contribution in [0.5, 0.6) is 0 Å². The molecule has 24 heavy (non-hydrogen) atoms. The fourth-order valence-corrected chi connectivity index (χ4v) is 3.31. The molecule has 1 aromatic heterocycles. The number of nitrogens with one attached hydrogen (secondary N) is 1. The predicted octanol–water partition coefficient (Wildman–Crippen LogP) is 1.58. The number of fused-ring (bicyclic) bond motifs is 1. The number of carboxylic acid groups (broad SMARTS) is 1. The minimum atomic E-state index is -1.25. The second-order valence-electron chi connectivity index (χ2n) is 6.37. The van der Waals surface area contributed by atoms with Crippen molar-refractivity contribution in [2.75, 3.05) is 31.1 Å². The lowest BCUT2D eigenvalue weighted by molar-refractivity contribution is 0.0695. The van der Waals surface area contributed by atoms with Gasteiger partial charge in [0.1, 0.15) is 11.4 Å². The van der Waals surface area contributed by atoms with E-state index in [-0.39, 0.29) is 22.8 Å². The van der Waals surface area contributed by atoms with Crippen LogP contribution in [0.3, 0.4) is 0 Å². The normalized spacial score (nSPS) is 18.1. The Morgan fingerprint density at radius 1 is 1.25 bits per heavy atom. The highest BCUT2D eigenvalue weighted by Gasteiger charge is 2.28. The Balaban J connectivity index is 1.95. The molecule has 126 valence electrons. The molecule has 0 spiro atoms. The molecule has 1 saturated heterocycles. The summed E-state index contributed by atoms with van der Waals surface area (Å²) in [5.41, 5.74) is 0.0351. The van der Waals surface area contributed by atoms with Gasteiger partial charge in [0.2, 0.25) is 5.43 Å². The number of carbonyl (C=O) groups is 1. The lowest BCUT2D eigenvalue weighted by Crippen LogP contribution is -2.44. The van der Waals surface area contributed by atoms with Gasteiger partial charge in [-0.25, -0.2) is 9.18 Å². The first-order valence-electron chi connectivity index (χ1n) is 8.13. The molecule has 7 heteroatoms. The van der Waals surface area contributed by atoms with Crippen LogP contribution in [-0.2, 0) is 0 Å². The summed E-state index contributed by atoms with van der Waals surface area (Å²) in [5, 5.41) is 12.8. The minimum absolute atomic E-state index is 0.149. The molecule has 0 atom stereocenters. The van der Waals surface area contributed by atoms with Gasteiger partial charge in [0, 0.05) is 49.9 Å². The van der Waals surface area contributed by atoms with Gasteiger partial charge < -0.3 is 19.9 Å². The Morgan fingerprint density at radius 3 is 2.58 bits per heavy atom. The Hall–Kier alpha value is -2.41. The molecular formula is C17H18FN3O3. The van der Waals surface area contributed by atoms with E-state index >= 15 is 0 Å². The highest BCUT2D eigenvalue weighted by Crippen LogP contribution is 2.38. The Labute approximate surface area is 137 Å². The number of benzene rings is 1. The van der Waals surface area contributed by atoms with E-state index in [1.807, 2.05) is 4.90 Å². The van der Waals surface area contributed by atoms with Crippen molar-refractivity contribution in [3.05, 3.63) is 39.9 Å². The Bertz CT molecular complexity index is 883. The third-order valence-corrected chi connectivity index (χ3v) is 4.73. The number of nitrogens with zero attached hydrogens (tertiary/aromatic N) is 2. The van der Waals surface area contributed by atoms with E-state index < -0.39 is 11.4 Å². The topological polar surface area (TPSA) is 74.6 Å². The van der Waals surface area contributed by atoms with Crippen molar-refractivity contribution in [1.29, 1.82) is 0 Å². The van der Waals surface area contributed by atoms with Crippen molar-refractivity contribution in [3.8, 4) is 0 Å². The van der Waals surface area contributed by atoms with E-state index in [1.165, 1.54) is 18.3 Å². The van der Waals surface area contributed by atoms with Crippen LogP contribution in [0.4, 0.5) is 10.1 Å². The zero-order valence-corrected chi connectivity index (χ0v) is 13.1. The zero-order chi connectivity index (χ0) is 16.8. The van der Waals surface area contributed by atoms with E-state index in [0.29, 0.717) is 24.3 Å². The first-order chi connectivity index (χ1) is 11.6. The van der Waals surface area contributed by atoms with E-state index in [9.17, 15) is 19.1 Å². The maximum absolute atomic E-state index is 14.7. The summed E-state index contributed by atoms with van der Waals surface area (Å²) >= 11 is 0. The molecular weight excluding hydrogens is 313 g/mol. The number of carboxylic acids is 1. The number of pyridine rings is 1. The third-order valence-electron chi connectivity index (χ3n) is 4.73. The van der Waals surface area contributed by atoms with Gasteiger partial charge in [0.25, 0.3) is 0 Å². The second kappa shape index (κ2) is 5.59. The lowest BCUT2D eigenvalue weighted by atomic mass is 10.1. The molecule has 2 aromatic rings. The van der Waals surface area contributed by atoms with Gasteiger partial charge in [-0.2, -0.15) is 0 Å². The number of aromatic carboxylic acids is 1. The largest absolute Gasteiger partial charge is 0.477 e. The van der Waals surface area contributed by atoms with Crippen LogP contribution in [-0.4, -0.2) is 41.8 Å². The summed E-state index contributed by atoms with van der Waals surface area (Å²) in [6, 6.07) is 3.04. The lowest BCUT2D eigenvalue weighted by Gasteiger charge is -2.30. The summed E-state index contributed by atoms with van der Waals surface area (Å²) in [6.45, 7) is 2.80. The molecule has 1 aliphatic heterocycles. The van der Waals surface area contributed by atoms with Gasteiger partial charge in [0.15, 0.2) is 0 Å². The van der Waals surface area contributed by atoms with Gasteiger partial charge in [-0.1, -0.05) is 0 Å². The standard InChI is InChI=1S/C17H18FN3O3/c18-13-8-14-11(7-15(13)20-5-3-19-4-6-20)16(22)12(17(23)24)9-21(14)10-1-2-10/h7-10,19H,1-6H2,(H,23,24). The first kappa shape index (κ1) is 15.1. The van der Waals surface area contributed by atoms with Crippen molar-refractivity contribution in [3.63, 3.8) is 0 Å². The number of hydrogen-bond donors (Lipinski definition) is 2. The van der Waals surface area contributed by atoms with Gasteiger partial charge in [-0.05, 0) is 18.9 Å². The van der Waals surface area contributed by atoms with Crippen LogP contribution in [0, 0.1) is 5.82 Å². The summed E-state index contributed by atoms with van der Waals surface area (Å²) in [6.07, 6.45) is 3.19. The number of anilines is 1. The van der Waals surface area contributed by atoms with Crippen LogP contribution in [0.15, 0.2) is 23.1 Å². The number of halogens is 1. The molecule has 2 aliphatic rings. The van der Waals surface area contributed by atoms with Crippen LogP contribution < -0.4 is 15.6 Å². The summed E-state index contributed by atoms with van der Waals surface area (Å²) in [5.74, 6) is -1.62. The Kier molecular flexibility index (Phi) is 3.53. The molecule has 1 saturated carbocycles. The maximum Gasteiger partial charge on any atom is 0.341 e. The second-order valence-corrected chi connectivity index (χ2v) is 6.37. The SMILES string of the molecule is O=C(O)c1cn(C2CC2)c2cc(F)c(N3CCNCC3)cc2c1=O. The minimum Gasteiger partial charge on any atom is -0.477 e. The molecule has 1 aromatic carbocycles. The highest BCUT2D eigenvalue weighted by atomic mass is 19.1. The summed E-state index contributed by atoms with van der Waals surface area (Å²) < 4.78 is 16.4. The quantitative estimate of drug-likeness (QED) is 0.893. The van der Waals surface area contributed by atoms with Crippen LogP contribution in [0.25, 0.3) is 10.9 Å². The maximum atomic E-state index is 14.7. The smallest absolute Gasteiger partial charge is 0.341 e. The summed E-state index contributed by atoms with van der Waals surface area (Å²) in [7, 11) is 0. The van der Waals surface area contributed by atoms with Gasteiger partial charge in [-0.15, -0.1) is 0 Å². The average molecular weight is 331 g/mol. The van der Waals surface area contributed by atoms with Crippen molar-refractivity contribution in [2.45, 2.75) is 18.9 Å². The first-order valence-corrected chi connectivity index (χ1v) is 8.13. The molecule has 4 rings (SSSR count). The molecule has 2 heterocycles. The van der Waals surface area contributed by atoms with Gasteiger partial charge in [0.05, 0.1) is 11.2 Å². The Morgan fingerprint density at radius 2 is 1.96 bits per heavy atom. The van der Waals surface area contributed by atoms with Crippen LogP contribution in [0.1, 0.15) is 29.2 Å². The molecule has 0 bridgehead atoms. The van der Waals surface area contributed by atoms with E-state index in [2.05, 4.69) is 5.32 Å². The van der Waals surface area contributed by atoms with E-state index in [1.54, 1.807) is 4.57 Å². The van der Waals surface area contributed by atoms with E-state index in [4.69, 9.17) is 0 Å². The molecule has 2 fully saturated rings. The third kappa shape index (κ3) is 2.45. The molecule has 0 unspecified atom stereocenters. The molecule has 1 aliphatic carbocycles. The van der Waals surface area contributed by atoms with Crippen molar-refractivity contribution in [1.82, 2.24) is 9.88 Å². The van der Waals surface area contributed by atoms with Crippen LogP contribution in [0.2, 0.25) is 0 Å². The zero-order valence-electron chi connectivity index (χ0n) is 13.1. The summed E-state index contributed by atoms with van der Waals surface area (Å²) in [4.78, 5) is 25.9. The van der Waals surface area contributed by atoms with Crippen molar-refractivity contribution >= 4 is 22.6 Å². The average Bonchev–Trinajstić information content (AvgIpc) is 3.40. The molecule has 6 nitrogen and oxygen atoms in total. The molecule has 2 N–H and O–H groups in total. The number of rotatable bonds is 3. The number of aromatic nitrogens is 1. The fraction of sp³-hybridized carbons (Fsp3) is 0.412. The monoisotopic (exact) mass is 331 g/mol. The van der Waals surface area contributed by atoms with Crippen molar-refractivity contribution < 1.29 is 14.3 Å². The number of hydrogen-bond acceptors (Lipinski definition) is 4. The van der Waals surface area contributed by atoms with Gasteiger partial charge >= 0.3 is 5.97 Å².